The summed E-state index contributed by atoms with van der Waals surface area (Å²) in [7, 11) is 5.17. The molecule has 134 valence electrons. The van der Waals surface area contributed by atoms with Gasteiger partial charge in [0.2, 0.25) is 5.91 Å². The van der Waals surface area contributed by atoms with Crippen LogP contribution in [0.3, 0.4) is 0 Å². The first-order valence-corrected chi connectivity index (χ1v) is 8.36. The molecule has 2 rings (SSSR count). The van der Waals surface area contributed by atoms with E-state index in [9.17, 15) is 9.90 Å². The SMILES string of the molecule is COc1ccccc1COCC(O)CN1CCCC1C(=O)N(C)C. The van der Waals surface area contributed by atoms with Gasteiger partial charge in [-0.15, -0.1) is 0 Å². The van der Waals surface area contributed by atoms with Crippen LogP contribution in [0.5, 0.6) is 5.75 Å². The van der Waals surface area contributed by atoms with Gasteiger partial charge in [0.1, 0.15) is 5.75 Å². The lowest BCUT2D eigenvalue weighted by molar-refractivity contribution is -0.134. The van der Waals surface area contributed by atoms with E-state index in [0.29, 0.717) is 13.2 Å². The summed E-state index contributed by atoms with van der Waals surface area (Å²) in [5.41, 5.74) is 0.953. The fourth-order valence-electron chi connectivity index (χ4n) is 3.07. The predicted octanol–water partition coefficient (Wildman–Crippen LogP) is 1.13. The Hall–Kier alpha value is -1.63. The number of carbonyl (C=O) groups is 1. The van der Waals surface area contributed by atoms with E-state index in [0.717, 1.165) is 30.7 Å². The normalized spacial score (nSPS) is 19.2. The van der Waals surface area contributed by atoms with Crippen LogP contribution < -0.4 is 4.74 Å². The van der Waals surface area contributed by atoms with Crippen molar-refractivity contribution in [1.29, 1.82) is 0 Å². The molecule has 0 aliphatic carbocycles. The van der Waals surface area contributed by atoms with Gasteiger partial charge in [0.05, 0.1) is 32.5 Å². The van der Waals surface area contributed by atoms with Crippen molar-refractivity contribution in [2.75, 3.05) is 40.9 Å². The number of likely N-dealkylation sites (tertiary alicyclic amines) is 1. The summed E-state index contributed by atoms with van der Waals surface area (Å²) < 4.78 is 10.9. The number of likely N-dealkylation sites (N-methyl/N-ethyl adjacent to an activating group) is 1. The molecule has 0 aromatic heterocycles. The maximum absolute atomic E-state index is 12.2. The monoisotopic (exact) mass is 336 g/mol. The van der Waals surface area contributed by atoms with Gasteiger partial charge in [0.15, 0.2) is 0 Å². The van der Waals surface area contributed by atoms with Gasteiger partial charge in [-0.1, -0.05) is 18.2 Å². The minimum atomic E-state index is -0.615. The van der Waals surface area contributed by atoms with Crippen LogP contribution in [-0.4, -0.2) is 73.9 Å². The third-order valence-corrected chi connectivity index (χ3v) is 4.30. The molecule has 1 fully saturated rings. The molecule has 1 aliphatic heterocycles. The van der Waals surface area contributed by atoms with Crippen molar-refractivity contribution in [3.05, 3.63) is 29.8 Å². The molecule has 2 unspecified atom stereocenters. The molecule has 1 amide bonds. The molecule has 0 saturated carbocycles. The summed E-state index contributed by atoms with van der Waals surface area (Å²) in [5, 5.41) is 10.2. The number of hydrogen-bond donors (Lipinski definition) is 1. The Morgan fingerprint density at radius 2 is 2.17 bits per heavy atom. The summed E-state index contributed by atoms with van der Waals surface area (Å²) in [5.74, 6) is 0.887. The fraction of sp³-hybridized carbons (Fsp3) is 0.611. The summed E-state index contributed by atoms with van der Waals surface area (Å²) in [6, 6.07) is 7.55. The molecular formula is C18H28N2O4. The molecule has 1 saturated heterocycles. The van der Waals surface area contributed by atoms with Crippen LogP contribution in [0.4, 0.5) is 0 Å². The second-order valence-corrected chi connectivity index (χ2v) is 6.37. The van der Waals surface area contributed by atoms with Crippen molar-refractivity contribution in [2.24, 2.45) is 0 Å². The highest BCUT2D eigenvalue weighted by atomic mass is 16.5. The van der Waals surface area contributed by atoms with Gasteiger partial charge in [0, 0.05) is 26.2 Å². The molecular weight excluding hydrogens is 308 g/mol. The summed E-state index contributed by atoms with van der Waals surface area (Å²) in [4.78, 5) is 15.8. The highest BCUT2D eigenvalue weighted by Crippen LogP contribution is 2.20. The first kappa shape index (κ1) is 18.7. The Kier molecular flexibility index (Phi) is 7.02. The fourth-order valence-corrected chi connectivity index (χ4v) is 3.07. The number of aliphatic hydroxyl groups is 1. The topological polar surface area (TPSA) is 62.2 Å². The van der Waals surface area contributed by atoms with Crippen LogP contribution in [0.1, 0.15) is 18.4 Å². The standard InChI is InChI=1S/C18H28N2O4/c1-19(2)18(22)16-8-6-10-20(16)11-15(21)13-24-12-14-7-4-5-9-17(14)23-3/h4-5,7,9,15-16,21H,6,8,10-13H2,1-3H3. The Balaban J connectivity index is 1.78. The summed E-state index contributed by atoms with van der Waals surface area (Å²) >= 11 is 0. The molecule has 0 spiro atoms. The number of carbonyl (C=O) groups excluding carboxylic acids is 1. The van der Waals surface area contributed by atoms with Crippen LogP contribution in [0.15, 0.2) is 24.3 Å². The smallest absolute Gasteiger partial charge is 0.239 e. The third kappa shape index (κ3) is 4.93. The summed E-state index contributed by atoms with van der Waals surface area (Å²) in [6.45, 7) is 1.92. The number of amides is 1. The minimum absolute atomic E-state index is 0.106. The van der Waals surface area contributed by atoms with E-state index >= 15 is 0 Å². The number of rotatable bonds is 8. The quantitative estimate of drug-likeness (QED) is 0.771. The van der Waals surface area contributed by atoms with Gasteiger partial charge in [0.25, 0.3) is 0 Å². The zero-order valence-corrected chi connectivity index (χ0v) is 14.8. The highest BCUT2D eigenvalue weighted by molar-refractivity contribution is 5.81. The minimum Gasteiger partial charge on any atom is -0.496 e. The van der Waals surface area contributed by atoms with E-state index in [1.807, 2.05) is 24.3 Å². The van der Waals surface area contributed by atoms with Crippen molar-refractivity contribution in [1.82, 2.24) is 9.80 Å². The predicted molar refractivity (Wildman–Crippen MR) is 91.9 cm³/mol. The van der Waals surface area contributed by atoms with Gasteiger partial charge in [-0.05, 0) is 25.5 Å². The second-order valence-electron chi connectivity index (χ2n) is 6.37. The number of para-hydroxylation sites is 1. The lowest BCUT2D eigenvalue weighted by atomic mass is 10.2. The zero-order chi connectivity index (χ0) is 17.5. The number of β-amino-alcohol motifs (C(OH)–C–C–N with tert-alkyl or cyclic N) is 1. The molecule has 1 aromatic rings. The maximum Gasteiger partial charge on any atom is 0.239 e. The largest absolute Gasteiger partial charge is 0.496 e. The molecule has 0 bridgehead atoms. The van der Waals surface area contributed by atoms with Crippen molar-refractivity contribution < 1.29 is 19.4 Å². The van der Waals surface area contributed by atoms with Gasteiger partial charge in [-0.3, -0.25) is 9.69 Å². The van der Waals surface area contributed by atoms with Crippen molar-refractivity contribution in [3.8, 4) is 5.75 Å². The van der Waals surface area contributed by atoms with Crippen LogP contribution in [-0.2, 0) is 16.1 Å². The lowest BCUT2D eigenvalue weighted by Crippen LogP contribution is -2.46. The van der Waals surface area contributed by atoms with Crippen molar-refractivity contribution in [3.63, 3.8) is 0 Å². The first-order valence-electron chi connectivity index (χ1n) is 8.36. The van der Waals surface area contributed by atoms with E-state index in [1.54, 1.807) is 26.1 Å². The summed E-state index contributed by atoms with van der Waals surface area (Å²) in [6.07, 6.45) is 1.22. The molecule has 1 N–H and O–H groups in total. The van der Waals surface area contributed by atoms with Crippen LogP contribution in [0.25, 0.3) is 0 Å². The van der Waals surface area contributed by atoms with Crippen molar-refractivity contribution >= 4 is 5.91 Å². The lowest BCUT2D eigenvalue weighted by Gasteiger charge is -2.27. The molecule has 0 radical (unpaired) electrons. The van der Waals surface area contributed by atoms with Gasteiger partial charge >= 0.3 is 0 Å². The Labute approximate surface area is 144 Å². The van der Waals surface area contributed by atoms with Gasteiger partial charge in [-0.2, -0.15) is 0 Å². The number of aliphatic hydroxyl groups excluding tert-OH is 1. The number of hydrogen-bond acceptors (Lipinski definition) is 5. The van der Waals surface area contributed by atoms with Crippen LogP contribution in [0, 0.1) is 0 Å². The van der Waals surface area contributed by atoms with Crippen LogP contribution >= 0.6 is 0 Å². The molecule has 24 heavy (non-hydrogen) atoms. The molecule has 6 nitrogen and oxygen atoms in total. The number of ether oxygens (including phenoxy) is 2. The average molecular weight is 336 g/mol. The van der Waals surface area contributed by atoms with E-state index in [1.165, 1.54) is 0 Å². The van der Waals surface area contributed by atoms with E-state index in [4.69, 9.17) is 9.47 Å². The highest BCUT2D eigenvalue weighted by Gasteiger charge is 2.32. The Bertz CT molecular complexity index is 536. The number of nitrogens with zero attached hydrogens (tertiary/aromatic N) is 2. The van der Waals surface area contributed by atoms with Gasteiger partial charge in [-0.25, -0.2) is 0 Å². The molecule has 6 heteroatoms. The second kappa shape index (κ2) is 9.01. The molecule has 1 aromatic carbocycles. The first-order chi connectivity index (χ1) is 11.5. The average Bonchev–Trinajstić information content (AvgIpc) is 3.02. The third-order valence-electron chi connectivity index (χ3n) is 4.30. The number of methoxy groups -OCH3 is 1. The Morgan fingerprint density at radius 1 is 1.42 bits per heavy atom. The van der Waals surface area contributed by atoms with E-state index in [-0.39, 0.29) is 18.6 Å². The Morgan fingerprint density at radius 3 is 2.88 bits per heavy atom. The van der Waals surface area contributed by atoms with Crippen molar-refractivity contribution in [2.45, 2.75) is 31.6 Å². The molecule has 1 heterocycles. The van der Waals surface area contributed by atoms with Gasteiger partial charge < -0.3 is 19.5 Å². The zero-order valence-electron chi connectivity index (χ0n) is 14.8. The van der Waals surface area contributed by atoms with E-state index in [2.05, 4.69) is 4.90 Å². The molecule has 1 aliphatic rings. The maximum atomic E-state index is 12.2. The van der Waals surface area contributed by atoms with Crippen LogP contribution in [0.2, 0.25) is 0 Å². The number of benzene rings is 1. The van der Waals surface area contributed by atoms with E-state index < -0.39 is 6.10 Å². The molecule has 2 atom stereocenters.